The first-order valence-electron chi connectivity index (χ1n) is 9.17. The summed E-state index contributed by atoms with van der Waals surface area (Å²) in [4.78, 5) is 25.6. The van der Waals surface area contributed by atoms with Crippen LogP contribution in [0.4, 0.5) is 0 Å². The maximum atomic E-state index is 12.5. The number of thioether (sulfide) groups is 1. The lowest BCUT2D eigenvalue weighted by molar-refractivity contribution is -0.119. The Morgan fingerprint density at radius 1 is 1.15 bits per heavy atom. The number of hydrogen-bond donors (Lipinski definition) is 2. The molecule has 1 unspecified atom stereocenters. The monoisotopic (exact) mass is 380 g/mol. The average molecular weight is 381 g/mol. The van der Waals surface area contributed by atoms with Gasteiger partial charge in [-0.2, -0.15) is 0 Å². The van der Waals surface area contributed by atoms with Crippen molar-refractivity contribution >= 4 is 23.6 Å². The van der Waals surface area contributed by atoms with Gasteiger partial charge >= 0.3 is 0 Å². The van der Waals surface area contributed by atoms with Gasteiger partial charge in [0.05, 0.1) is 17.4 Å². The van der Waals surface area contributed by atoms with E-state index >= 15 is 0 Å². The molecule has 1 aliphatic rings. The third kappa shape index (κ3) is 5.01. The van der Waals surface area contributed by atoms with Gasteiger partial charge in [0.15, 0.2) is 0 Å². The summed E-state index contributed by atoms with van der Waals surface area (Å²) >= 11 is 1.39. The van der Waals surface area contributed by atoms with Crippen molar-refractivity contribution in [1.29, 1.82) is 0 Å². The fraction of sp³-hybridized carbons (Fsp3) is 0.273. The molecule has 3 rings (SSSR count). The minimum Gasteiger partial charge on any atom is -0.349 e. The molecule has 1 aliphatic carbocycles. The van der Waals surface area contributed by atoms with Gasteiger partial charge in [-0.1, -0.05) is 42.5 Å². The summed E-state index contributed by atoms with van der Waals surface area (Å²) in [5.41, 5.74) is 3.14. The van der Waals surface area contributed by atoms with Crippen molar-refractivity contribution in [3.8, 4) is 0 Å². The molecule has 2 amide bonds. The summed E-state index contributed by atoms with van der Waals surface area (Å²) in [5, 5.41) is 5.94. The number of benzene rings is 2. The van der Waals surface area contributed by atoms with Crippen LogP contribution in [-0.2, 0) is 11.2 Å². The Morgan fingerprint density at radius 2 is 1.93 bits per heavy atom. The van der Waals surface area contributed by atoms with E-state index in [4.69, 9.17) is 0 Å². The van der Waals surface area contributed by atoms with Crippen LogP contribution in [0.15, 0.2) is 66.1 Å². The van der Waals surface area contributed by atoms with Crippen LogP contribution in [0.2, 0.25) is 0 Å². The lowest BCUT2D eigenvalue weighted by Crippen LogP contribution is -2.32. The van der Waals surface area contributed by atoms with Crippen molar-refractivity contribution in [2.75, 3.05) is 12.3 Å². The van der Waals surface area contributed by atoms with E-state index in [9.17, 15) is 9.59 Å². The highest BCUT2D eigenvalue weighted by Gasteiger charge is 2.21. The first-order valence-corrected chi connectivity index (χ1v) is 10.2. The molecule has 0 fully saturated rings. The van der Waals surface area contributed by atoms with Gasteiger partial charge in [-0.15, -0.1) is 18.3 Å². The summed E-state index contributed by atoms with van der Waals surface area (Å²) in [7, 11) is 0. The number of nitrogens with one attached hydrogen (secondary N) is 2. The van der Waals surface area contributed by atoms with Gasteiger partial charge in [-0.25, -0.2) is 0 Å². The number of carbonyl (C=O) groups excluding carboxylic acids is 2. The molecule has 2 aromatic carbocycles. The van der Waals surface area contributed by atoms with E-state index in [2.05, 4.69) is 29.3 Å². The van der Waals surface area contributed by atoms with Crippen LogP contribution in [0, 0.1) is 0 Å². The zero-order chi connectivity index (χ0) is 19.1. The molecule has 4 nitrogen and oxygen atoms in total. The van der Waals surface area contributed by atoms with Crippen LogP contribution in [0.1, 0.15) is 40.4 Å². The third-order valence-electron chi connectivity index (χ3n) is 4.60. The maximum absolute atomic E-state index is 12.5. The molecule has 0 spiro atoms. The first-order chi connectivity index (χ1) is 13.2. The highest BCUT2D eigenvalue weighted by Crippen LogP contribution is 2.30. The summed E-state index contributed by atoms with van der Waals surface area (Å²) in [6.45, 7) is 4.02. The molecular weight excluding hydrogens is 356 g/mol. The molecule has 0 bridgehead atoms. The lowest BCUT2D eigenvalue weighted by atomic mass is 9.88. The van der Waals surface area contributed by atoms with E-state index in [-0.39, 0.29) is 23.6 Å². The maximum Gasteiger partial charge on any atom is 0.252 e. The molecule has 0 saturated heterocycles. The Morgan fingerprint density at radius 3 is 2.78 bits per heavy atom. The number of fused-ring (bicyclic) bond motifs is 1. The SMILES string of the molecule is C=CCNC(=O)c1ccccc1SCC(=O)NC1CCCc2ccccc21. The highest BCUT2D eigenvalue weighted by atomic mass is 32.2. The second-order valence-corrected chi connectivity index (χ2v) is 7.51. The van der Waals surface area contributed by atoms with Crippen LogP contribution in [0.3, 0.4) is 0 Å². The van der Waals surface area contributed by atoms with Crippen LogP contribution in [0.25, 0.3) is 0 Å². The first kappa shape index (κ1) is 19.2. The van der Waals surface area contributed by atoms with Gasteiger partial charge in [0.2, 0.25) is 5.91 Å². The van der Waals surface area contributed by atoms with Crippen molar-refractivity contribution in [3.63, 3.8) is 0 Å². The normalized spacial score (nSPS) is 15.5. The Balaban J connectivity index is 1.61. The van der Waals surface area contributed by atoms with Crippen molar-refractivity contribution in [2.24, 2.45) is 0 Å². The van der Waals surface area contributed by atoms with Crippen molar-refractivity contribution in [1.82, 2.24) is 10.6 Å². The topological polar surface area (TPSA) is 58.2 Å². The van der Waals surface area contributed by atoms with E-state index in [0.29, 0.717) is 12.1 Å². The fourth-order valence-corrected chi connectivity index (χ4v) is 4.18. The van der Waals surface area contributed by atoms with E-state index in [1.807, 2.05) is 30.3 Å². The Hall–Kier alpha value is -2.53. The number of carbonyl (C=O) groups is 2. The molecule has 2 aromatic rings. The smallest absolute Gasteiger partial charge is 0.252 e. The summed E-state index contributed by atoms with van der Waals surface area (Å²) in [6, 6.07) is 15.7. The van der Waals surface area contributed by atoms with Gasteiger partial charge in [-0.05, 0) is 42.5 Å². The molecule has 0 aliphatic heterocycles. The lowest BCUT2D eigenvalue weighted by Gasteiger charge is -2.26. The molecule has 0 heterocycles. The Kier molecular flexibility index (Phi) is 6.71. The second-order valence-electron chi connectivity index (χ2n) is 6.49. The van der Waals surface area contributed by atoms with Crippen molar-refractivity contribution < 1.29 is 9.59 Å². The minimum absolute atomic E-state index is 0.0111. The van der Waals surface area contributed by atoms with E-state index < -0.39 is 0 Å². The van der Waals surface area contributed by atoms with Crippen molar-refractivity contribution in [3.05, 3.63) is 77.9 Å². The van der Waals surface area contributed by atoms with Gasteiger partial charge in [0.1, 0.15) is 0 Å². The van der Waals surface area contributed by atoms with E-state index in [1.54, 1.807) is 12.1 Å². The predicted octanol–water partition coefficient (Wildman–Crippen LogP) is 3.89. The molecule has 5 heteroatoms. The molecule has 0 aromatic heterocycles. The average Bonchev–Trinajstić information content (AvgIpc) is 2.71. The zero-order valence-electron chi connectivity index (χ0n) is 15.2. The molecular formula is C22H24N2O2S. The Labute approximate surface area is 164 Å². The molecule has 27 heavy (non-hydrogen) atoms. The third-order valence-corrected chi connectivity index (χ3v) is 5.68. The van der Waals surface area contributed by atoms with Gasteiger partial charge in [0.25, 0.3) is 5.91 Å². The van der Waals surface area contributed by atoms with Gasteiger partial charge < -0.3 is 10.6 Å². The second kappa shape index (κ2) is 9.42. The fourth-order valence-electron chi connectivity index (χ4n) is 3.32. The van der Waals surface area contributed by atoms with Crippen LogP contribution in [0.5, 0.6) is 0 Å². The standard InChI is InChI=1S/C22H24N2O2S/c1-2-14-23-22(26)18-11-5-6-13-20(18)27-15-21(25)24-19-12-7-9-16-8-3-4-10-17(16)19/h2-6,8,10-11,13,19H,1,7,9,12,14-15H2,(H,23,26)(H,24,25). The van der Waals surface area contributed by atoms with E-state index in [1.165, 1.54) is 22.9 Å². The molecule has 0 saturated carbocycles. The summed E-state index contributed by atoms with van der Waals surface area (Å²) in [5.74, 6) is 0.118. The molecule has 140 valence electrons. The molecule has 0 radical (unpaired) electrons. The Bertz CT molecular complexity index is 835. The number of rotatable bonds is 7. The molecule has 1 atom stereocenters. The minimum atomic E-state index is -0.153. The largest absolute Gasteiger partial charge is 0.349 e. The number of amides is 2. The number of aryl methyl sites for hydroxylation is 1. The predicted molar refractivity (Wildman–Crippen MR) is 110 cm³/mol. The van der Waals surface area contributed by atoms with E-state index in [0.717, 1.165) is 24.2 Å². The summed E-state index contributed by atoms with van der Waals surface area (Å²) in [6.07, 6.45) is 4.77. The molecule has 2 N–H and O–H groups in total. The van der Waals surface area contributed by atoms with Crippen LogP contribution >= 0.6 is 11.8 Å². The van der Waals surface area contributed by atoms with Crippen LogP contribution < -0.4 is 10.6 Å². The highest BCUT2D eigenvalue weighted by molar-refractivity contribution is 8.00. The van der Waals surface area contributed by atoms with Gasteiger partial charge in [-0.3, -0.25) is 9.59 Å². The van der Waals surface area contributed by atoms with Crippen LogP contribution in [-0.4, -0.2) is 24.1 Å². The van der Waals surface area contributed by atoms with Crippen molar-refractivity contribution in [2.45, 2.75) is 30.2 Å². The van der Waals surface area contributed by atoms with Gasteiger partial charge in [0, 0.05) is 11.4 Å². The zero-order valence-corrected chi connectivity index (χ0v) is 16.1. The number of hydrogen-bond acceptors (Lipinski definition) is 3. The summed E-state index contributed by atoms with van der Waals surface area (Å²) < 4.78 is 0. The quantitative estimate of drug-likeness (QED) is 0.566.